The molecule has 1 aliphatic rings. The molecule has 0 saturated carbocycles. The van der Waals surface area contributed by atoms with Gasteiger partial charge in [0.25, 0.3) is 0 Å². The molecule has 174 valence electrons. The summed E-state index contributed by atoms with van der Waals surface area (Å²) in [7, 11) is 0. The zero-order valence-electron chi connectivity index (χ0n) is 19.5. The summed E-state index contributed by atoms with van der Waals surface area (Å²) >= 11 is 1.45. The van der Waals surface area contributed by atoms with Crippen LogP contribution in [0.5, 0.6) is 5.75 Å². The van der Waals surface area contributed by atoms with E-state index in [1.807, 2.05) is 34.6 Å². The number of carbonyl (C=O) groups is 1. The van der Waals surface area contributed by atoms with Gasteiger partial charge in [0.1, 0.15) is 12.4 Å². The van der Waals surface area contributed by atoms with Gasteiger partial charge in [0.2, 0.25) is 5.91 Å². The summed E-state index contributed by atoms with van der Waals surface area (Å²) in [6.07, 6.45) is 0. The van der Waals surface area contributed by atoms with Gasteiger partial charge in [0.05, 0.1) is 5.75 Å². The highest BCUT2D eigenvalue weighted by molar-refractivity contribution is 7.99. The van der Waals surface area contributed by atoms with Crippen molar-refractivity contribution in [1.29, 1.82) is 0 Å². The first-order valence-electron chi connectivity index (χ1n) is 11.4. The van der Waals surface area contributed by atoms with Gasteiger partial charge in [-0.3, -0.25) is 4.79 Å². The molecule has 2 aromatic carbocycles. The number of amides is 1. The first-order valence-corrected chi connectivity index (χ1v) is 12.4. The number of aromatic nitrogens is 3. The van der Waals surface area contributed by atoms with Gasteiger partial charge in [0, 0.05) is 38.4 Å². The SMILES string of the molecule is CCn1c(COc2ccc(C)cc2C)nnc1SCC(=O)N1CCN(c2ccccc2)CC1. The normalized spacial score (nSPS) is 13.9. The third kappa shape index (κ3) is 5.68. The second kappa shape index (κ2) is 10.7. The van der Waals surface area contributed by atoms with Crippen molar-refractivity contribution in [2.75, 3.05) is 36.8 Å². The summed E-state index contributed by atoms with van der Waals surface area (Å²) in [5.74, 6) is 2.13. The van der Waals surface area contributed by atoms with E-state index in [2.05, 4.69) is 59.3 Å². The lowest BCUT2D eigenvalue weighted by molar-refractivity contribution is -0.128. The van der Waals surface area contributed by atoms with E-state index >= 15 is 0 Å². The van der Waals surface area contributed by atoms with Gasteiger partial charge in [-0.2, -0.15) is 0 Å². The molecule has 1 saturated heterocycles. The molecule has 0 bridgehead atoms. The molecule has 0 radical (unpaired) electrons. The second-order valence-corrected chi connectivity index (χ2v) is 9.14. The Kier molecular flexibility index (Phi) is 7.54. The van der Waals surface area contributed by atoms with E-state index in [0.717, 1.165) is 55.0 Å². The molecule has 3 aromatic rings. The molecular weight excluding hydrogens is 434 g/mol. The van der Waals surface area contributed by atoms with Crippen molar-refractivity contribution in [3.63, 3.8) is 0 Å². The Bertz CT molecular complexity index is 1080. The van der Waals surface area contributed by atoms with Crippen molar-refractivity contribution >= 4 is 23.4 Å². The maximum atomic E-state index is 12.8. The van der Waals surface area contributed by atoms with Gasteiger partial charge in [-0.05, 0) is 44.5 Å². The van der Waals surface area contributed by atoms with Crippen LogP contribution in [0.15, 0.2) is 53.7 Å². The Morgan fingerprint density at radius 1 is 1.03 bits per heavy atom. The quantitative estimate of drug-likeness (QED) is 0.470. The average molecular weight is 466 g/mol. The molecule has 2 heterocycles. The van der Waals surface area contributed by atoms with E-state index in [1.165, 1.54) is 23.0 Å². The Labute approximate surface area is 199 Å². The van der Waals surface area contributed by atoms with Crippen molar-refractivity contribution in [2.45, 2.75) is 39.1 Å². The number of ether oxygens (including phenoxy) is 1. The summed E-state index contributed by atoms with van der Waals surface area (Å²) in [6, 6.07) is 16.5. The molecule has 1 aliphatic heterocycles. The smallest absolute Gasteiger partial charge is 0.233 e. The molecule has 0 aliphatic carbocycles. The molecule has 4 rings (SSSR count). The summed E-state index contributed by atoms with van der Waals surface area (Å²) in [5, 5.41) is 9.40. The Balaban J connectivity index is 1.29. The number of carbonyl (C=O) groups excluding carboxylic acids is 1. The third-order valence-corrected chi connectivity index (χ3v) is 6.83. The number of aryl methyl sites for hydroxylation is 2. The van der Waals surface area contributed by atoms with E-state index < -0.39 is 0 Å². The van der Waals surface area contributed by atoms with Crippen molar-refractivity contribution < 1.29 is 9.53 Å². The Morgan fingerprint density at radius 2 is 1.79 bits per heavy atom. The van der Waals surface area contributed by atoms with Crippen LogP contribution in [0.1, 0.15) is 23.9 Å². The fourth-order valence-corrected chi connectivity index (χ4v) is 4.95. The lowest BCUT2D eigenvalue weighted by Crippen LogP contribution is -2.49. The van der Waals surface area contributed by atoms with Gasteiger partial charge in [-0.15, -0.1) is 10.2 Å². The van der Waals surface area contributed by atoms with Crippen LogP contribution < -0.4 is 9.64 Å². The number of thioether (sulfide) groups is 1. The first-order chi connectivity index (χ1) is 16.0. The lowest BCUT2D eigenvalue weighted by atomic mass is 10.1. The van der Waals surface area contributed by atoms with Gasteiger partial charge in [-0.25, -0.2) is 0 Å². The number of hydrogen-bond acceptors (Lipinski definition) is 6. The molecule has 1 fully saturated rings. The molecule has 0 atom stereocenters. The second-order valence-electron chi connectivity index (χ2n) is 8.19. The Morgan fingerprint density at radius 3 is 2.48 bits per heavy atom. The molecule has 0 unspecified atom stereocenters. The van der Waals surface area contributed by atoms with Gasteiger partial charge in [-0.1, -0.05) is 47.7 Å². The highest BCUT2D eigenvalue weighted by Crippen LogP contribution is 2.22. The minimum atomic E-state index is 0.145. The first kappa shape index (κ1) is 23.2. The van der Waals surface area contributed by atoms with Crippen molar-refractivity contribution in [3.8, 4) is 5.75 Å². The number of anilines is 1. The summed E-state index contributed by atoms with van der Waals surface area (Å²) in [4.78, 5) is 17.1. The summed E-state index contributed by atoms with van der Waals surface area (Å²) in [6.45, 7) is 10.4. The highest BCUT2D eigenvalue weighted by Gasteiger charge is 2.22. The Hall–Kier alpha value is -3.00. The number of nitrogens with zero attached hydrogens (tertiary/aromatic N) is 5. The van der Waals surface area contributed by atoms with Crippen LogP contribution >= 0.6 is 11.8 Å². The highest BCUT2D eigenvalue weighted by atomic mass is 32.2. The molecule has 0 N–H and O–H groups in total. The lowest BCUT2D eigenvalue weighted by Gasteiger charge is -2.36. The van der Waals surface area contributed by atoms with Crippen LogP contribution in [-0.2, 0) is 17.9 Å². The van der Waals surface area contributed by atoms with E-state index in [4.69, 9.17) is 4.74 Å². The number of benzene rings is 2. The topological polar surface area (TPSA) is 63.5 Å². The number of rotatable bonds is 8. The van der Waals surface area contributed by atoms with Crippen LogP contribution in [0, 0.1) is 13.8 Å². The molecule has 0 spiro atoms. The maximum Gasteiger partial charge on any atom is 0.233 e. The van der Waals surface area contributed by atoms with Gasteiger partial charge >= 0.3 is 0 Å². The minimum Gasteiger partial charge on any atom is -0.485 e. The van der Waals surface area contributed by atoms with Crippen molar-refractivity contribution in [1.82, 2.24) is 19.7 Å². The van der Waals surface area contributed by atoms with Gasteiger partial charge < -0.3 is 19.1 Å². The zero-order chi connectivity index (χ0) is 23.2. The van der Waals surface area contributed by atoms with Crippen LogP contribution in [0.25, 0.3) is 0 Å². The summed E-state index contributed by atoms with van der Waals surface area (Å²) < 4.78 is 8.01. The van der Waals surface area contributed by atoms with Crippen LogP contribution in [0.4, 0.5) is 5.69 Å². The van der Waals surface area contributed by atoms with Crippen molar-refractivity contribution in [2.24, 2.45) is 0 Å². The molecule has 8 heteroatoms. The minimum absolute atomic E-state index is 0.145. The summed E-state index contributed by atoms with van der Waals surface area (Å²) in [5.41, 5.74) is 3.53. The third-order valence-electron chi connectivity index (χ3n) is 5.88. The van der Waals surface area contributed by atoms with E-state index in [1.54, 1.807) is 0 Å². The van der Waals surface area contributed by atoms with E-state index in [-0.39, 0.29) is 5.91 Å². The van der Waals surface area contributed by atoms with Crippen molar-refractivity contribution in [3.05, 3.63) is 65.5 Å². The molecule has 1 amide bonds. The zero-order valence-corrected chi connectivity index (χ0v) is 20.3. The maximum absolute atomic E-state index is 12.8. The van der Waals surface area contributed by atoms with Crippen LogP contribution in [-0.4, -0.2) is 57.5 Å². The fraction of sp³-hybridized carbons (Fsp3) is 0.400. The van der Waals surface area contributed by atoms with E-state index in [0.29, 0.717) is 12.4 Å². The molecule has 1 aromatic heterocycles. The largest absolute Gasteiger partial charge is 0.485 e. The average Bonchev–Trinajstić information content (AvgIpc) is 3.24. The molecular formula is C25H31N5O2S. The monoisotopic (exact) mass is 465 g/mol. The van der Waals surface area contributed by atoms with Crippen LogP contribution in [0.3, 0.4) is 0 Å². The predicted octanol–water partition coefficient (Wildman–Crippen LogP) is 3.93. The number of piperazine rings is 1. The van der Waals surface area contributed by atoms with Gasteiger partial charge in [0.15, 0.2) is 11.0 Å². The molecule has 7 nitrogen and oxygen atoms in total. The number of hydrogen-bond donors (Lipinski definition) is 0. The van der Waals surface area contributed by atoms with Crippen LogP contribution in [0.2, 0.25) is 0 Å². The van der Waals surface area contributed by atoms with E-state index in [9.17, 15) is 4.79 Å². The predicted molar refractivity (Wildman–Crippen MR) is 132 cm³/mol. The fourth-order valence-electron chi connectivity index (χ4n) is 4.02. The standard InChI is InChI=1S/C25H31N5O2S/c1-4-30-23(17-32-22-11-10-19(2)16-20(22)3)26-27-25(30)33-18-24(31)29-14-12-28(13-15-29)21-8-6-5-7-9-21/h5-11,16H,4,12-15,17-18H2,1-3H3. The number of para-hydroxylation sites is 1. The molecule has 33 heavy (non-hydrogen) atoms.